The molecule has 0 saturated carbocycles. The van der Waals surface area contributed by atoms with E-state index < -0.39 is 0 Å². The first-order valence-corrected chi connectivity index (χ1v) is 7.53. The van der Waals surface area contributed by atoms with Gasteiger partial charge in [-0.3, -0.25) is 9.89 Å². The van der Waals surface area contributed by atoms with Crippen LogP contribution in [0.15, 0.2) is 30.5 Å². The Morgan fingerprint density at radius 3 is 2.96 bits per heavy atom. The van der Waals surface area contributed by atoms with Gasteiger partial charge in [-0.2, -0.15) is 5.10 Å². The van der Waals surface area contributed by atoms with Gasteiger partial charge in [-0.15, -0.1) is 12.4 Å². The number of aromatic amines is 1. The Balaban J connectivity index is 0.00000192. The number of nitrogens with zero attached hydrogens (tertiary/aromatic N) is 1. The second-order valence-electron chi connectivity index (χ2n) is 5.54. The average molecular weight is 339 g/mol. The zero-order chi connectivity index (χ0) is 15.4. The molecule has 2 heterocycles. The lowest BCUT2D eigenvalue weighted by Crippen LogP contribution is -2.26. The van der Waals surface area contributed by atoms with Crippen molar-refractivity contribution in [2.24, 2.45) is 5.92 Å². The molecule has 1 aliphatic heterocycles. The summed E-state index contributed by atoms with van der Waals surface area (Å²) in [6.45, 7) is 2.69. The summed E-state index contributed by atoms with van der Waals surface area (Å²) in [6, 6.07) is 6.34. The number of halogens is 2. The van der Waals surface area contributed by atoms with Crippen LogP contribution in [0.1, 0.15) is 23.2 Å². The molecule has 1 aliphatic rings. The molecule has 1 atom stereocenters. The largest absolute Gasteiger partial charge is 0.352 e. The first kappa shape index (κ1) is 17.4. The number of carbonyl (C=O) groups excluding carboxylic acids is 1. The fourth-order valence-electron chi connectivity index (χ4n) is 2.77. The Bertz CT molecular complexity index is 655. The highest BCUT2D eigenvalue weighted by molar-refractivity contribution is 5.99. The summed E-state index contributed by atoms with van der Waals surface area (Å²) in [5.74, 6) is 0.0199. The minimum Gasteiger partial charge on any atom is -0.352 e. The van der Waals surface area contributed by atoms with Crippen molar-refractivity contribution in [2.75, 3.05) is 19.6 Å². The zero-order valence-corrected chi connectivity index (χ0v) is 13.5. The topological polar surface area (TPSA) is 69.8 Å². The van der Waals surface area contributed by atoms with E-state index in [0.717, 1.165) is 25.9 Å². The fraction of sp³-hybridized carbons (Fsp3) is 0.375. The standard InChI is InChI=1S/C16H19FN4O.ClH/c17-14-4-2-1-3-12(14)15-13(10-20-21-15)16(22)19-8-6-11-5-7-18-9-11;/h1-4,10-11,18H,5-9H2,(H,19,22)(H,20,21);1H. The highest BCUT2D eigenvalue weighted by Gasteiger charge is 2.18. The van der Waals surface area contributed by atoms with Crippen LogP contribution in [-0.4, -0.2) is 35.7 Å². The van der Waals surface area contributed by atoms with Gasteiger partial charge in [0.25, 0.3) is 5.91 Å². The molecule has 0 aliphatic carbocycles. The summed E-state index contributed by atoms with van der Waals surface area (Å²) in [5.41, 5.74) is 1.14. The van der Waals surface area contributed by atoms with Crippen molar-refractivity contribution in [2.45, 2.75) is 12.8 Å². The minimum absolute atomic E-state index is 0. The molecule has 1 fully saturated rings. The van der Waals surface area contributed by atoms with Crippen molar-refractivity contribution in [3.05, 3.63) is 41.8 Å². The van der Waals surface area contributed by atoms with E-state index in [1.807, 2.05) is 0 Å². The van der Waals surface area contributed by atoms with E-state index in [-0.39, 0.29) is 24.1 Å². The number of H-pyrrole nitrogens is 1. The van der Waals surface area contributed by atoms with Gasteiger partial charge in [0, 0.05) is 12.1 Å². The van der Waals surface area contributed by atoms with Gasteiger partial charge in [-0.25, -0.2) is 4.39 Å². The predicted octanol–water partition coefficient (Wildman–Crippen LogP) is 2.37. The van der Waals surface area contributed by atoms with E-state index in [1.54, 1.807) is 18.2 Å². The normalized spacial score (nSPS) is 16.8. The molecule has 1 amide bonds. The van der Waals surface area contributed by atoms with Crippen LogP contribution in [-0.2, 0) is 0 Å². The number of rotatable bonds is 5. The first-order chi connectivity index (χ1) is 10.8. The predicted molar refractivity (Wildman–Crippen MR) is 89.2 cm³/mol. The van der Waals surface area contributed by atoms with E-state index in [1.165, 1.54) is 12.3 Å². The molecule has 23 heavy (non-hydrogen) atoms. The lowest BCUT2D eigenvalue weighted by molar-refractivity contribution is 0.0952. The molecule has 0 bridgehead atoms. The lowest BCUT2D eigenvalue weighted by atomic mass is 10.0. The van der Waals surface area contributed by atoms with Crippen LogP contribution >= 0.6 is 12.4 Å². The van der Waals surface area contributed by atoms with Crippen LogP contribution in [0.2, 0.25) is 0 Å². The van der Waals surface area contributed by atoms with Crippen LogP contribution in [0.5, 0.6) is 0 Å². The molecule has 5 nitrogen and oxygen atoms in total. The second kappa shape index (κ2) is 8.08. The molecule has 124 valence electrons. The molecular formula is C16H20ClFN4O. The molecule has 1 unspecified atom stereocenters. The maximum absolute atomic E-state index is 13.9. The lowest BCUT2D eigenvalue weighted by Gasteiger charge is -2.09. The monoisotopic (exact) mass is 338 g/mol. The number of carbonyl (C=O) groups is 1. The molecule has 1 aromatic carbocycles. The first-order valence-electron chi connectivity index (χ1n) is 7.53. The van der Waals surface area contributed by atoms with Crippen molar-refractivity contribution < 1.29 is 9.18 Å². The minimum atomic E-state index is -0.377. The number of hydrogen-bond acceptors (Lipinski definition) is 3. The van der Waals surface area contributed by atoms with E-state index in [2.05, 4.69) is 20.8 Å². The highest BCUT2D eigenvalue weighted by Crippen LogP contribution is 2.23. The van der Waals surface area contributed by atoms with E-state index in [9.17, 15) is 9.18 Å². The summed E-state index contributed by atoms with van der Waals surface area (Å²) >= 11 is 0. The summed E-state index contributed by atoms with van der Waals surface area (Å²) in [5, 5.41) is 12.8. The number of amides is 1. The average Bonchev–Trinajstić information content (AvgIpc) is 3.18. The quantitative estimate of drug-likeness (QED) is 0.784. The van der Waals surface area contributed by atoms with Gasteiger partial charge in [-0.1, -0.05) is 12.1 Å². The Morgan fingerprint density at radius 2 is 2.22 bits per heavy atom. The van der Waals surface area contributed by atoms with Gasteiger partial charge in [0.1, 0.15) is 5.82 Å². The Labute approximate surface area is 140 Å². The number of benzene rings is 1. The SMILES string of the molecule is Cl.O=C(NCCC1CCNC1)c1cn[nH]c1-c1ccccc1F. The summed E-state index contributed by atoms with van der Waals surface area (Å²) < 4.78 is 13.9. The van der Waals surface area contributed by atoms with Crippen molar-refractivity contribution in [1.29, 1.82) is 0 Å². The summed E-state index contributed by atoms with van der Waals surface area (Å²) in [4.78, 5) is 12.3. The summed E-state index contributed by atoms with van der Waals surface area (Å²) in [6.07, 6.45) is 3.54. The van der Waals surface area contributed by atoms with Gasteiger partial charge >= 0.3 is 0 Å². The highest BCUT2D eigenvalue weighted by atomic mass is 35.5. The van der Waals surface area contributed by atoms with E-state index in [0.29, 0.717) is 29.3 Å². The van der Waals surface area contributed by atoms with E-state index in [4.69, 9.17) is 0 Å². The molecule has 3 N–H and O–H groups in total. The third-order valence-electron chi connectivity index (χ3n) is 4.03. The van der Waals surface area contributed by atoms with Crippen molar-refractivity contribution in [1.82, 2.24) is 20.8 Å². The maximum atomic E-state index is 13.9. The smallest absolute Gasteiger partial charge is 0.255 e. The van der Waals surface area contributed by atoms with Gasteiger partial charge < -0.3 is 10.6 Å². The van der Waals surface area contributed by atoms with Crippen LogP contribution in [0.3, 0.4) is 0 Å². The molecule has 1 aromatic heterocycles. The van der Waals surface area contributed by atoms with Gasteiger partial charge in [0.2, 0.25) is 0 Å². The van der Waals surface area contributed by atoms with Crippen LogP contribution < -0.4 is 10.6 Å². The van der Waals surface area contributed by atoms with Gasteiger partial charge in [-0.05, 0) is 44.0 Å². The van der Waals surface area contributed by atoms with Gasteiger partial charge in [0.15, 0.2) is 0 Å². The molecule has 7 heteroatoms. The third kappa shape index (κ3) is 4.09. The van der Waals surface area contributed by atoms with Crippen molar-refractivity contribution in [3.63, 3.8) is 0 Å². The van der Waals surface area contributed by atoms with Crippen molar-refractivity contribution in [3.8, 4) is 11.3 Å². The number of hydrogen-bond donors (Lipinski definition) is 3. The second-order valence-corrected chi connectivity index (χ2v) is 5.54. The number of aromatic nitrogens is 2. The van der Waals surface area contributed by atoms with Crippen LogP contribution in [0, 0.1) is 11.7 Å². The van der Waals surface area contributed by atoms with Crippen LogP contribution in [0.4, 0.5) is 4.39 Å². The van der Waals surface area contributed by atoms with E-state index >= 15 is 0 Å². The molecule has 2 aromatic rings. The molecule has 0 spiro atoms. The maximum Gasteiger partial charge on any atom is 0.255 e. The Kier molecular flexibility index (Phi) is 6.12. The van der Waals surface area contributed by atoms with Crippen molar-refractivity contribution >= 4 is 18.3 Å². The third-order valence-corrected chi connectivity index (χ3v) is 4.03. The summed E-state index contributed by atoms with van der Waals surface area (Å²) in [7, 11) is 0. The van der Waals surface area contributed by atoms with Gasteiger partial charge in [0.05, 0.1) is 17.5 Å². The Hall–Kier alpha value is -1.92. The molecular weight excluding hydrogens is 319 g/mol. The van der Waals surface area contributed by atoms with Crippen LogP contribution in [0.25, 0.3) is 11.3 Å². The number of nitrogens with one attached hydrogen (secondary N) is 3. The molecule has 1 saturated heterocycles. The zero-order valence-electron chi connectivity index (χ0n) is 12.6. The molecule has 3 rings (SSSR count). The fourth-order valence-corrected chi connectivity index (χ4v) is 2.77. The molecule has 0 radical (unpaired) electrons. The Morgan fingerprint density at radius 1 is 1.39 bits per heavy atom.